The number of rotatable bonds is 6. The highest BCUT2D eigenvalue weighted by Gasteiger charge is 2.55. The van der Waals surface area contributed by atoms with Crippen LogP contribution in [0.1, 0.15) is 38.7 Å². The summed E-state index contributed by atoms with van der Waals surface area (Å²) in [6.07, 6.45) is 3.44. The van der Waals surface area contributed by atoms with E-state index in [1.54, 1.807) is 0 Å². The van der Waals surface area contributed by atoms with Gasteiger partial charge >= 0.3 is 0 Å². The predicted octanol–water partition coefficient (Wildman–Crippen LogP) is 2.44. The van der Waals surface area contributed by atoms with Crippen LogP contribution in [-0.4, -0.2) is 54.4 Å². The van der Waals surface area contributed by atoms with Crippen molar-refractivity contribution < 1.29 is 14.6 Å². The van der Waals surface area contributed by atoms with Crippen LogP contribution in [0.4, 0.5) is 5.69 Å². The molecule has 1 saturated carbocycles. The number of ether oxygens (including phenoxy) is 1. The van der Waals surface area contributed by atoms with Gasteiger partial charge in [0.15, 0.2) is 0 Å². The second kappa shape index (κ2) is 7.85. The van der Waals surface area contributed by atoms with Crippen LogP contribution in [0.2, 0.25) is 0 Å². The highest BCUT2D eigenvalue weighted by Crippen LogP contribution is 2.50. The molecule has 5 heteroatoms. The number of aryl methyl sites for hydroxylation is 1. The molecule has 0 radical (unpaired) electrons. The van der Waals surface area contributed by atoms with Crippen molar-refractivity contribution in [3.05, 3.63) is 29.8 Å². The molecule has 138 valence electrons. The second-order valence-corrected chi connectivity index (χ2v) is 7.31. The fraction of sp³-hybridized carbons (Fsp3) is 0.650. The average Bonchev–Trinajstić information content (AvgIpc) is 2.62. The molecule has 2 fully saturated rings. The Balaban J connectivity index is 1.49. The third kappa shape index (κ3) is 3.89. The summed E-state index contributed by atoms with van der Waals surface area (Å²) in [6, 6.07) is 8.00. The van der Waals surface area contributed by atoms with E-state index >= 15 is 0 Å². The van der Waals surface area contributed by atoms with E-state index in [9.17, 15) is 9.90 Å². The van der Waals surface area contributed by atoms with Crippen LogP contribution < -0.4 is 5.32 Å². The van der Waals surface area contributed by atoms with Crippen LogP contribution in [-0.2, 0) is 16.0 Å². The first kappa shape index (κ1) is 18.4. The zero-order valence-electron chi connectivity index (χ0n) is 15.3. The van der Waals surface area contributed by atoms with Crippen molar-refractivity contribution in [2.24, 2.45) is 5.41 Å². The Labute approximate surface area is 150 Å². The van der Waals surface area contributed by atoms with Crippen molar-refractivity contribution in [2.45, 2.75) is 51.7 Å². The molecule has 0 bridgehead atoms. The van der Waals surface area contributed by atoms with Gasteiger partial charge in [-0.1, -0.05) is 19.1 Å². The first-order chi connectivity index (χ1) is 12.1. The van der Waals surface area contributed by atoms with Gasteiger partial charge in [0.1, 0.15) is 0 Å². The minimum absolute atomic E-state index is 0.0275. The number of carbonyl (C=O) groups excluding carboxylic acids is 1. The molecule has 1 aromatic rings. The van der Waals surface area contributed by atoms with Crippen molar-refractivity contribution in [1.29, 1.82) is 0 Å². The lowest BCUT2D eigenvalue weighted by Gasteiger charge is -2.56. The van der Waals surface area contributed by atoms with Crippen molar-refractivity contribution in [1.82, 2.24) is 4.90 Å². The lowest BCUT2D eigenvalue weighted by atomic mass is 9.58. The maximum absolute atomic E-state index is 12.3. The second-order valence-electron chi connectivity index (χ2n) is 7.31. The van der Waals surface area contributed by atoms with E-state index in [-0.39, 0.29) is 23.5 Å². The van der Waals surface area contributed by atoms with E-state index in [1.807, 2.05) is 25.1 Å². The topological polar surface area (TPSA) is 61.8 Å². The third-order valence-electron chi connectivity index (χ3n) is 5.88. The molecule has 1 spiro atoms. The molecule has 2 unspecified atom stereocenters. The number of piperidine rings is 1. The number of hydrogen-bond donors (Lipinski definition) is 2. The summed E-state index contributed by atoms with van der Waals surface area (Å²) in [7, 11) is 0. The molecule has 1 heterocycles. The number of nitrogens with zero attached hydrogens (tertiary/aromatic N) is 1. The highest BCUT2D eigenvalue weighted by atomic mass is 16.5. The van der Waals surface area contributed by atoms with Crippen molar-refractivity contribution in [2.75, 3.05) is 31.6 Å². The number of benzene rings is 1. The molecular weight excluding hydrogens is 316 g/mol. The number of likely N-dealkylation sites (tertiary alicyclic amines) is 1. The Morgan fingerprint density at radius 1 is 1.36 bits per heavy atom. The number of carbonyl (C=O) groups is 1. The SMILES string of the molecule is CCOC1CC(O)C12CCN(CC(=O)Nc1cccc(CC)c1)CC2. The maximum atomic E-state index is 12.3. The Bertz CT molecular complexity index is 594. The molecule has 1 aromatic carbocycles. The molecule has 1 aliphatic heterocycles. The van der Waals surface area contributed by atoms with Crippen LogP contribution in [0.15, 0.2) is 24.3 Å². The van der Waals surface area contributed by atoms with E-state index in [0.29, 0.717) is 13.2 Å². The fourth-order valence-electron chi connectivity index (χ4n) is 4.22. The first-order valence-corrected chi connectivity index (χ1v) is 9.48. The van der Waals surface area contributed by atoms with Crippen molar-refractivity contribution in [3.8, 4) is 0 Å². The molecule has 3 rings (SSSR count). The normalized spacial score (nSPS) is 25.6. The van der Waals surface area contributed by atoms with Gasteiger partial charge in [-0.2, -0.15) is 0 Å². The largest absolute Gasteiger partial charge is 0.392 e. The van der Waals surface area contributed by atoms with Gasteiger partial charge in [0.05, 0.1) is 18.8 Å². The number of nitrogens with one attached hydrogen (secondary N) is 1. The predicted molar refractivity (Wildman–Crippen MR) is 98.6 cm³/mol. The van der Waals surface area contributed by atoms with Gasteiger partial charge in [-0.05, 0) is 57.0 Å². The summed E-state index contributed by atoms with van der Waals surface area (Å²) in [5, 5.41) is 13.3. The number of aliphatic hydroxyl groups is 1. The molecule has 2 N–H and O–H groups in total. The fourth-order valence-corrected chi connectivity index (χ4v) is 4.22. The van der Waals surface area contributed by atoms with Gasteiger partial charge in [-0.3, -0.25) is 9.69 Å². The van der Waals surface area contributed by atoms with Crippen LogP contribution in [0.5, 0.6) is 0 Å². The zero-order chi connectivity index (χ0) is 17.9. The van der Waals surface area contributed by atoms with Gasteiger partial charge in [-0.15, -0.1) is 0 Å². The van der Waals surface area contributed by atoms with Crippen molar-refractivity contribution in [3.63, 3.8) is 0 Å². The Kier molecular flexibility index (Phi) is 5.77. The molecule has 2 atom stereocenters. The molecule has 1 aliphatic carbocycles. The summed E-state index contributed by atoms with van der Waals surface area (Å²) >= 11 is 0. The Morgan fingerprint density at radius 3 is 2.76 bits per heavy atom. The quantitative estimate of drug-likeness (QED) is 0.830. The summed E-state index contributed by atoms with van der Waals surface area (Å²) in [5.74, 6) is 0.0275. The van der Waals surface area contributed by atoms with Crippen molar-refractivity contribution >= 4 is 11.6 Å². The van der Waals surface area contributed by atoms with Gasteiger partial charge in [-0.25, -0.2) is 0 Å². The zero-order valence-corrected chi connectivity index (χ0v) is 15.3. The molecule has 1 saturated heterocycles. The van der Waals surface area contributed by atoms with Gasteiger partial charge in [0.2, 0.25) is 5.91 Å². The third-order valence-corrected chi connectivity index (χ3v) is 5.88. The number of anilines is 1. The highest BCUT2D eigenvalue weighted by molar-refractivity contribution is 5.92. The van der Waals surface area contributed by atoms with Gasteiger partial charge in [0, 0.05) is 24.1 Å². The lowest BCUT2D eigenvalue weighted by Crippen LogP contribution is -2.62. The lowest BCUT2D eigenvalue weighted by molar-refractivity contribution is -0.209. The first-order valence-electron chi connectivity index (χ1n) is 9.48. The van der Waals surface area contributed by atoms with E-state index in [2.05, 4.69) is 23.2 Å². The molecular formula is C20H30N2O3. The molecule has 5 nitrogen and oxygen atoms in total. The number of amides is 1. The smallest absolute Gasteiger partial charge is 0.238 e. The van der Waals surface area contributed by atoms with Gasteiger partial charge in [0.25, 0.3) is 0 Å². The van der Waals surface area contributed by atoms with E-state index < -0.39 is 0 Å². The van der Waals surface area contributed by atoms with Gasteiger partial charge < -0.3 is 15.2 Å². The standard InChI is InChI=1S/C20H30N2O3/c1-3-15-6-5-7-16(12-15)21-19(24)14-22-10-8-20(9-11-22)17(23)13-18(20)25-4-2/h5-7,12,17-18,23H,3-4,8-11,13-14H2,1-2H3,(H,21,24). The molecule has 0 aromatic heterocycles. The monoisotopic (exact) mass is 346 g/mol. The summed E-state index contributed by atoms with van der Waals surface area (Å²) in [5.41, 5.74) is 2.00. The molecule has 2 aliphatic rings. The van der Waals surface area contributed by atoms with E-state index in [0.717, 1.165) is 44.5 Å². The van der Waals surface area contributed by atoms with E-state index in [4.69, 9.17) is 4.74 Å². The van der Waals surface area contributed by atoms with E-state index in [1.165, 1.54) is 5.56 Å². The minimum Gasteiger partial charge on any atom is -0.392 e. The number of aliphatic hydroxyl groups excluding tert-OH is 1. The maximum Gasteiger partial charge on any atom is 0.238 e. The summed E-state index contributed by atoms with van der Waals surface area (Å²) < 4.78 is 5.80. The Hall–Kier alpha value is -1.43. The summed E-state index contributed by atoms with van der Waals surface area (Å²) in [6.45, 7) is 6.89. The van der Waals surface area contributed by atoms with Crippen LogP contribution in [0, 0.1) is 5.41 Å². The Morgan fingerprint density at radius 2 is 2.12 bits per heavy atom. The molecule has 25 heavy (non-hydrogen) atoms. The molecule has 1 amide bonds. The van der Waals surface area contributed by atoms with Crippen LogP contribution >= 0.6 is 0 Å². The summed E-state index contributed by atoms with van der Waals surface area (Å²) in [4.78, 5) is 14.5. The minimum atomic E-state index is -0.253. The van der Waals surface area contributed by atoms with Crippen LogP contribution in [0.3, 0.4) is 0 Å². The average molecular weight is 346 g/mol. The van der Waals surface area contributed by atoms with Crippen LogP contribution in [0.25, 0.3) is 0 Å². The number of hydrogen-bond acceptors (Lipinski definition) is 4.